The first-order chi connectivity index (χ1) is 12.0. The number of amides is 3. The Labute approximate surface area is 146 Å². The average Bonchev–Trinajstić information content (AvgIpc) is 3.04. The predicted molar refractivity (Wildman–Crippen MR) is 94.1 cm³/mol. The fraction of sp³-hybridized carbons (Fsp3) is 0.389. The fourth-order valence-corrected chi connectivity index (χ4v) is 2.94. The van der Waals surface area contributed by atoms with Crippen molar-refractivity contribution >= 4 is 28.6 Å². The number of nitrogens with one attached hydrogen (secondary N) is 2. The van der Waals surface area contributed by atoms with Crippen molar-refractivity contribution < 1.29 is 14.4 Å². The number of benzene rings is 1. The second-order valence-electron chi connectivity index (χ2n) is 6.48. The number of piperazine rings is 1. The summed E-state index contributed by atoms with van der Waals surface area (Å²) in [7, 11) is 0. The summed E-state index contributed by atoms with van der Waals surface area (Å²) in [5, 5.41) is 3.59. The van der Waals surface area contributed by atoms with Crippen LogP contribution in [0.4, 0.5) is 0 Å². The molecule has 2 heterocycles. The molecule has 7 heteroatoms. The van der Waals surface area contributed by atoms with E-state index in [9.17, 15) is 14.4 Å². The number of aromatic amines is 1. The highest BCUT2D eigenvalue weighted by molar-refractivity contribution is 6.35. The van der Waals surface area contributed by atoms with Gasteiger partial charge < -0.3 is 20.1 Å². The van der Waals surface area contributed by atoms with Crippen LogP contribution in [0, 0.1) is 0 Å². The highest BCUT2D eigenvalue weighted by Gasteiger charge is 2.28. The minimum Gasteiger partial charge on any atom is -0.351 e. The molecule has 0 saturated carbocycles. The third kappa shape index (κ3) is 3.65. The van der Waals surface area contributed by atoms with Gasteiger partial charge in [0, 0.05) is 43.1 Å². The lowest BCUT2D eigenvalue weighted by Crippen LogP contribution is -2.54. The number of rotatable bonds is 2. The number of carbonyl (C=O) groups is 3. The van der Waals surface area contributed by atoms with E-state index in [-0.39, 0.29) is 11.9 Å². The van der Waals surface area contributed by atoms with Crippen molar-refractivity contribution in [2.75, 3.05) is 26.2 Å². The summed E-state index contributed by atoms with van der Waals surface area (Å²) in [5.41, 5.74) is 1.46. The van der Waals surface area contributed by atoms with Crippen LogP contribution in [-0.4, -0.2) is 64.7 Å². The Morgan fingerprint density at radius 3 is 2.32 bits per heavy atom. The molecule has 1 aliphatic rings. The molecule has 0 atom stereocenters. The van der Waals surface area contributed by atoms with Crippen molar-refractivity contribution in [2.24, 2.45) is 0 Å². The highest BCUT2D eigenvalue weighted by Crippen LogP contribution is 2.16. The molecular formula is C18H22N4O3. The first-order valence-corrected chi connectivity index (χ1v) is 8.42. The molecule has 1 aliphatic heterocycles. The molecule has 1 saturated heterocycles. The maximum Gasteiger partial charge on any atom is 0.312 e. The van der Waals surface area contributed by atoms with Crippen molar-refractivity contribution in [2.45, 2.75) is 19.9 Å². The van der Waals surface area contributed by atoms with E-state index in [4.69, 9.17) is 0 Å². The monoisotopic (exact) mass is 342 g/mol. The molecule has 1 aromatic carbocycles. The van der Waals surface area contributed by atoms with Crippen molar-refractivity contribution in [1.29, 1.82) is 0 Å². The van der Waals surface area contributed by atoms with Crippen LogP contribution in [-0.2, 0) is 9.59 Å². The quantitative estimate of drug-likeness (QED) is 0.798. The van der Waals surface area contributed by atoms with Gasteiger partial charge in [-0.3, -0.25) is 14.4 Å². The molecule has 1 fully saturated rings. The maximum absolute atomic E-state index is 12.6. The van der Waals surface area contributed by atoms with Gasteiger partial charge in [-0.25, -0.2) is 0 Å². The van der Waals surface area contributed by atoms with Gasteiger partial charge in [-0.2, -0.15) is 0 Å². The second kappa shape index (κ2) is 6.96. The van der Waals surface area contributed by atoms with E-state index < -0.39 is 11.8 Å². The van der Waals surface area contributed by atoms with E-state index in [1.54, 1.807) is 4.90 Å². The lowest BCUT2D eigenvalue weighted by molar-refractivity contribution is -0.147. The lowest BCUT2D eigenvalue weighted by Gasteiger charge is -2.34. The average molecular weight is 342 g/mol. The topological polar surface area (TPSA) is 85.5 Å². The zero-order valence-corrected chi connectivity index (χ0v) is 14.4. The molecule has 0 radical (unpaired) electrons. The molecule has 0 spiro atoms. The SMILES string of the molecule is CC(C)NC(=O)C(=O)N1CCN(C(=O)c2cc3ccccc3[nH]2)CC1. The third-order valence-electron chi connectivity index (χ3n) is 4.23. The van der Waals surface area contributed by atoms with Crippen LogP contribution in [0.25, 0.3) is 10.9 Å². The van der Waals surface area contributed by atoms with Crippen LogP contribution in [0.5, 0.6) is 0 Å². The number of para-hydroxylation sites is 1. The fourth-order valence-electron chi connectivity index (χ4n) is 2.94. The molecule has 2 aromatic rings. The Hall–Kier alpha value is -2.83. The van der Waals surface area contributed by atoms with Crippen molar-refractivity contribution in [3.8, 4) is 0 Å². The first-order valence-electron chi connectivity index (χ1n) is 8.42. The summed E-state index contributed by atoms with van der Waals surface area (Å²) in [5.74, 6) is -1.22. The lowest BCUT2D eigenvalue weighted by atomic mass is 10.2. The van der Waals surface area contributed by atoms with Gasteiger partial charge in [0.1, 0.15) is 5.69 Å². The summed E-state index contributed by atoms with van der Waals surface area (Å²) in [6, 6.07) is 9.48. The largest absolute Gasteiger partial charge is 0.351 e. The van der Waals surface area contributed by atoms with Crippen LogP contribution >= 0.6 is 0 Å². The van der Waals surface area contributed by atoms with Crippen LogP contribution in [0.2, 0.25) is 0 Å². The Balaban J connectivity index is 1.61. The molecule has 0 bridgehead atoms. The Morgan fingerprint density at radius 2 is 1.68 bits per heavy atom. The normalized spacial score (nSPS) is 14.8. The summed E-state index contributed by atoms with van der Waals surface area (Å²) < 4.78 is 0. The van der Waals surface area contributed by atoms with Gasteiger partial charge in [-0.05, 0) is 26.0 Å². The summed E-state index contributed by atoms with van der Waals surface area (Å²) in [6.45, 7) is 5.15. The summed E-state index contributed by atoms with van der Waals surface area (Å²) in [4.78, 5) is 42.9. The van der Waals surface area contributed by atoms with Gasteiger partial charge in [-0.15, -0.1) is 0 Å². The van der Waals surface area contributed by atoms with Gasteiger partial charge in [0.2, 0.25) is 0 Å². The number of H-pyrrole nitrogens is 1. The van der Waals surface area contributed by atoms with Crippen molar-refractivity contribution in [1.82, 2.24) is 20.1 Å². The molecule has 3 amide bonds. The van der Waals surface area contributed by atoms with Gasteiger partial charge in [0.05, 0.1) is 0 Å². The third-order valence-corrected chi connectivity index (χ3v) is 4.23. The molecule has 132 valence electrons. The van der Waals surface area contributed by atoms with Crippen molar-refractivity contribution in [3.63, 3.8) is 0 Å². The predicted octanol–water partition coefficient (Wildman–Crippen LogP) is 0.977. The second-order valence-corrected chi connectivity index (χ2v) is 6.48. The Morgan fingerprint density at radius 1 is 1.04 bits per heavy atom. The van der Waals surface area contributed by atoms with Crippen LogP contribution in [0.3, 0.4) is 0 Å². The maximum atomic E-state index is 12.6. The zero-order chi connectivity index (χ0) is 18.0. The number of carbonyl (C=O) groups excluding carboxylic acids is 3. The highest BCUT2D eigenvalue weighted by atomic mass is 16.2. The Bertz CT molecular complexity index is 771. The van der Waals surface area contributed by atoms with E-state index >= 15 is 0 Å². The molecule has 2 N–H and O–H groups in total. The number of hydrogen-bond acceptors (Lipinski definition) is 3. The van der Waals surface area contributed by atoms with Gasteiger partial charge >= 0.3 is 11.8 Å². The van der Waals surface area contributed by atoms with Crippen molar-refractivity contribution in [3.05, 3.63) is 36.0 Å². The molecular weight excluding hydrogens is 320 g/mol. The van der Waals surface area contributed by atoms with E-state index in [1.807, 2.05) is 44.2 Å². The standard InChI is InChI=1S/C18H22N4O3/c1-12(2)19-16(23)18(25)22-9-7-21(8-10-22)17(24)15-11-13-5-3-4-6-14(13)20-15/h3-6,11-12,20H,7-10H2,1-2H3,(H,19,23). The van der Waals surface area contributed by atoms with Gasteiger partial charge in [-0.1, -0.05) is 18.2 Å². The molecule has 3 rings (SSSR count). The van der Waals surface area contributed by atoms with E-state index in [0.29, 0.717) is 31.9 Å². The van der Waals surface area contributed by atoms with E-state index in [2.05, 4.69) is 10.3 Å². The molecule has 25 heavy (non-hydrogen) atoms. The number of nitrogens with zero attached hydrogens (tertiary/aromatic N) is 2. The van der Waals surface area contributed by atoms with Gasteiger partial charge in [0.15, 0.2) is 0 Å². The summed E-state index contributed by atoms with van der Waals surface area (Å²) >= 11 is 0. The smallest absolute Gasteiger partial charge is 0.312 e. The molecule has 7 nitrogen and oxygen atoms in total. The Kier molecular flexibility index (Phi) is 4.74. The van der Waals surface area contributed by atoms with Gasteiger partial charge in [0.25, 0.3) is 5.91 Å². The zero-order valence-electron chi connectivity index (χ0n) is 14.4. The molecule has 1 aromatic heterocycles. The van der Waals surface area contributed by atoms with E-state index in [1.165, 1.54) is 4.90 Å². The van der Waals surface area contributed by atoms with Crippen LogP contribution < -0.4 is 5.32 Å². The minimum atomic E-state index is -0.592. The van der Waals surface area contributed by atoms with E-state index in [0.717, 1.165) is 10.9 Å². The number of aromatic nitrogens is 1. The number of fused-ring (bicyclic) bond motifs is 1. The van der Waals surface area contributed by atoms with Crippen LogP contribution in [0.15, 0.2) is 30.3 Å². The molecule has 0 aliphatic carbocycles. The molecule has 0 unspecified atom stereocenters. The number of hydrogen-bond donors (Lipinski definition) is 2. The minimum absolute atomic E-state index is 0.0821. The van der Waals surface area contributed by atoms with Crippen LogP contribution in [0.1, 0.15) is 24.3 Å². The first kappa shape index (κ1) is 17.0. The summed E-state index contributed by atoms with van der Waals surface area (Å²) in [6.07, 6.45) is 0.